The summed E-state index contributed by atoms with van der Waals surface area (Å²) in [6.07, 6.45) is 2.15. The Bertz CT molecular complexity index is 470. The lowest BCUT2D eigenvalue weighted by atomic mass is 9.85. The van der Waals surface area contributed by atoms with Gasteiger partial charge in [-0.3, -0.25) is 9.59 Å². The van der Waals surface area contributed by atoms with E-state index in [2.05, 4.69) is 0 Å². The molecule has 3 nitrogen and oxygen atoms in total. The van der Waals surface area contributed by atoms with Gasteiger partial charge in [0, 0.05) is 11.5 Å². The molecule has 96 valence electrons. The number of ketones is 1. The highest BCUT2D eigenvalue weighted by Crippen LogP contribution is 2.35. The van der Waals surface area contributed by atoms with Crippen LogP contribution in [0.25, 0.3) is 0 Å². The Morgan fingerprint density at radius 2 is 1.67 bits per heavy atom. The van der Waals surface area contributed by atoms with E-state index in [0.717, 1.165) is 23.1 Å². The monoisotopic (exact) mass is 246 g/mol. The van der Waals surface area contributed by atoms with E-state index in [1.54, 1.807) is 0 Å². The Hall–Kier alpha value is -1.64. The molecule has 0 radical (unpaired) electrons. The van der Waals surface area contributed by atoms with Crippen LogP contribution in [0.2, 0.25) is 0 Å². The molecular formula is C15H18O3. The van der Waals surface area contributed by atoms with Gasteiger partial charge in [0.25, 0.3) is 0 Å². The first-order chi connectivity index (χ1) is 8.52. The zero-order valence-electron chi connectivity index (χ0n) is 10.8. The van der Waals surface area contributed by atoms with Crippen LogP contribution in [0.15, 0.2) is 18.2 Å². The number of carboxylic acids is 1. The molecule has 0 unspecified atom stereocenters. The number of carbonyl (C=O) groups excluding carboxylic acids is 1. The van der Waals surface area contributed by atoms with Gasteiger partial charge in [-0.15, -0.1) is 0 Å². The van der Waals surface area contributed by atoms with Crippen molar-refractivity contribution in [2.75, 3.05) is 0 Å². The van der Waals surface area contributed by atoms with Gasteiger partial charge in [0.2, 0.25) is 0 Å². The van der Waals surface area contributed by atoms with Gasteiger partial charge in [0.05, 0.1) is 5.92 Å². The molecule has 0 spiro atoms. The Morgan fingerprint density at radius 1 is 1.11 bits per heavy atom. The van der Waals surface area contributed by atoms with Crippen molar-refractivity contribution in [3.8, 4) is 0 Å². The molecule has 0 saturated heterocycles. The van der Waals surface area contributed by atoms with Crippen LogP contribution in [0.4, 0.5) is 0 Å². The molecule has 3 heteroatoms. The van der Waals surface area contributed by atoms with Crippen LogP contribution < -0.4 is 0 Å². The normalized spacial score (nSPS) is 23.0. The maximum atomic E-state index is 12.5. The summed E-state index contributed by atoms with van der Waals surface area (Å²) in [6, 6.07) is 5.74. The van der Waals surface area contributed by atoms with Crippen LogP contribution in [0.5, 0.6) is 0 Å². The average Bonchev–Trinajstić information content (AvgIpc) is 2.77. The van der Waals surface area contributed by atoms with Crippen molar-refractivity contribution in [1.29, 1.82) is 0 Å². The van der Waals surface area contributed by atoms with Crippen LogP contribution in [0, 0.1) is 25.7 Å². The molecule has 1 saturated carbocycles. The lowest BCUT2D eigenvalue weighted by molar-refractivity contribution is -0.142. The predicted molar refractivity (Wildman–Crippen MR) is 68.7 cm³/mol. The molecule has 1 aromatic rings. The van der Waals surface area contributed by atoms with Gasteiger partial charge in [-0.05, 0) is 37.8 Å². The molecule has 1 N–H and O–H groups in total. The lowest BCUT2D eigenvalue weighted by Gasteiger charge is -2.17. The lowest BCUT2D eigenvalue weighted by Crippen LogP contribution is -2.26. The summed E-state index contributed by atoms with van der Waals surface area (Å²) in [7, 11) is 0. The number of benzene rings is 1. The van der Waals surface area contributed by atoms with Crippen LogP contribution >= 0.6 is 0 Å². The zero-order chi connectivity index (χ0) is 13.3. The van der Waals surface area contributed by atoms with E-state index in [1.165, 1.54) is 0 Å². The summed E-state index contributed by atoms with van der Waals surface area (Å²) in [4.78, 5) is 23.7. The molecule has 1 aromatic carbocycles. The first kappa shape index (κ1) is 12.8. The number of hydrogen-bond acceptors (Lipinski definition) is 2. The summed E-state index contributed by atoms with van der Waals surface area (Å²) in [6.45, 7) is 3.82. The van der Waals surface area contributed by atoms with Gasteiger partial charge >= 0.3 is 5.97 Å². The van der Waals surface area contributed by atoms with Crippen LogP contribution in [-0.4, -0.2) is 16.9 Å². The van der Waals surface area contributed by atoms with Gasteiger partial charge in [-0.1, -0.05) is 24.6 Å². The van der Waals surface area contributed by atoms with E-state index in [4.69, 9.17) is 5.11 Å². The molecule has 2 atom stereocenters. The third kappa shape index (κ3) is 2.17. The van der Waals surface area contributed by atoms with Gasteiger partial charge in [0.15, 0.2) is 5.78 Å². The Kier molecular flexibility index (Phi) is 3.50. The van der Waals surface area contributed by atoms with Gasteiger partial charge < -0.3 is 5.11 Å². The number of rotatable bonds is 3. The van der Waals surface area contributed by atoms with E-state index >= 15 is 0 Å². The van der Waals surface area contributed by atoms with E-state index in [1.807, 2.05) is 32.0 Å². The second kappa shape index (κ2) is 4.92. The highest BCUT2D eigenvalue weighted by atomic mass is 16.4. The van der Waals surface area contributed by atoms with Gasteiger partial charge in [0.1, 0.15) is 0 Å². The number of Topliss-reactive ketones (excluding diaryl/α,β-unsaturated/α-hetero) is 1. The van der Waals surface area contributed by atoms with Gasteiger partial charge in [-0.25, -0.2) is 0 Å². The van der Waals surface area contributed by atoms with Crippen molar-refractivity contribution in [2.24, 2.45) is 11.8 Å². The molecular weight excluding hydrogens is 228 g/mol. The quantitative estimate of drug-likeness (QED) is 0.834. The molecule has 0 bridgehead atoms. The topological polar surface area (TPSA) is 54.4 Å². The summed E-state index contributed by atoms with van der Waals surface area (Å²) >= 11 is 0. The molecule has 1 aliphatic rings. The third-order valence-corrected chi connectivity index (χ3v) is 3.90. The second-order valence-electron chi connectivity index (χ2n) is 5.11. The summed E-state index contributed by atoms with van der Waals surface area (Å²) in [5, 5.41) is 9.17. The molecule has 0 aromatic heterocycles. The first-order valence-electron chi connectivity index (χ1n) is 6.35. The molecule has 2 rings (SSSR count). The number of carboxylic acid groups (broad SMARTS) is 1. The summed E-state index contributed by atoms with van der Waals surface area (Å²) in [5.74, 6) is -1.67. The number of hydrogen-bond donors (Lipinski definition) is 1. The van der Waals surface area contributed by atoms with Crippen LogP contribution in [-0.2, 0) is 4.79 Å². The Labute approximate surface area is 107 Å². The molecule has 1 aliphatic carbocycles. The zero-order valence-corrected chi connectivity index (χ0v) is 10.8. The highest BCUT2D eigenvalue weighted by Gasteiger charge is 2.38. The van der Waals surface area contributed by atoms with Crippen molar-refractivity contribution >= 4 is 11.8 Å². The fourth-order valence-electron chi connectivity index (χ4n) is 2.96. The summed E-state index contributed by atoms with van der Waals surface area (Å²) in [5.41, 5.74) is 2.60. The maximum Gasteiger partial charge on any atom is 0.307 e. The Morgan fingerprint density at radius 3 is 2.22 bits per heavy atom. The average molecular weight is 246 g/mol. The molecule has 0 aliphatic heterocycles. The fraction of sp³-hybridized carbons (Fsp3) is 0.467. The fourth-order valence-corrected chi connectivity index (χ4v) is 2.96. The largest absolute Gasteiger partial charge is 0.481 e. The second-order valence-corrected chi connectivity index (χ2v) is 5.11. The van der Waals surface area contributed by atoms with E-state index in [9.17, 15) is 9.59 Å². The van der Waals surface area contributed by atoms with Crippen molar-refractivity contribution in [1.82, 2.24) is 0 Å². The van der Waals surface area contributed by atoms with Gasteiger partial charge in [-0.2, -0.15) is 0 Å². The molecule has 0 heterocycles. The smallest absolute Gasteiger partial charge is 0.307 e. The predicted octanol–water partition coefficient (Wildman–Crippen LogP) is 2.99. The molecule has 1 fully saturated rings. The van der Waals surface area contributed by atoms with Crippen molar-refractivity contribution < 1.29 is 14.7 Å². The van der Waals surface area contributed by atoms with Crippen LogP contribution in [0.3, 0.4) is 0 Å². The number of aryl methyl sites for hydroxylation is 2. The summed E-state index contributed by atoms with van der Waals surface area (Å²) < 4.78 is 0. The van der Waals surface area contributed by atoms with Crippen LogP contribution in [0.1, 0.15) is 40.7 Å². The standard InChI is InChI=1S/C15H18O3/c1-9-5-3-6-10(2)13(9)14(16)11-7-4-8-12(11)15(17)18/h3,5-6,11-12H,4,7-8H2,1-2H3,(H,17,18)/t11-,12-/m1/s1. The molecule has 18 heavy (non-hydrogen) atoms. The van der Waals surface area contributed by atoms with Crippen molar-refractivity contribution in [3.05, 3.63) is 34.9 Å². The highest BCUT2D eigenvalue weighted by molar-refractivity contribution is 6.02. The Balaban J connectivity index is 2.34. The molecule has 0 amide bonds. The first-order valence-corrected chi connectivity index (χ1v) is 6.35. The third-order valence-electron chi connectivity index (χ3n) is 3.90. The van der Waals surface area contributed by atoms with E-state index < -0.39 is 11.9 Å². The minimum absolute atomic E-state index is 0.00972. The maximum absolute atomic E-state index is 12.5. The van der Waals surface area contributed by atoms with Crippen molar-refractivity contribution in [3.63, 3.8) is 0 Å². The SMILES string of the molecule is Cc1cccc(C)c1C(=O)[C@@H]1CCC[C@H]1C(=O)O. The number of carbonyl (C=O) groups is 2. The van der Waals surface area contributed by atoms with E-state index in [-0.39, 0.29) is 11.7 Å². The minimum atomic E-state index is -0.836. The number of aliphatic carboxylic acids is 1. The van der Waals surface area contributed by atoms with Crippen molar-refractivity contribution in [2.45, 2.75) is 33.1 Å². The minimum Gasteiger partial charge on any atom is -0.481 e. The van der Waals surface area contributed by atoms with E-state index in [0.29, 0.717) is 12.8 Å².